The molecule has 0 radical (unpaired) electrons. The predicted molar refractivity (Wildman–Crippen MR) is 77.9 cm³/mol. The number of amides is 3. The van der Waals surface area contributed by atoms with E-state index in [0.29, 0.717) is 12.8 Å². The highest BCUT2D eigenvalue weighted by Gasteiger charge is 2.39. The molecule has 0 aliphatic heterocycles. The number of carboxylic acids is 1. The minimum atomic E-state index is -0.842. The number of rotatable bonds is 6. The van der Waals surface area contributed by atoms with Crippen molar-refractivity contribution >= 4 is 17.9 Å². The number of aliphatic carboxylic acids is 1. The average Bonchev–Trinajstić information content (AvgIpc) is 2.45. The first-order chi connectivity index (χ1) is 9.87. The third-order valence-electron chi connectivity index (χ3n) is 3.97. The highest BCUT2D eigenvalue weighted by molar-refractivity contribution is 5.79. The minimum Gasteiger partial charge on any atom is -0.481 e. The molecule has 0 bridgehead atoms. The lowest BCUT2D eigenvalue weighted by Gasteiger charge is -2.33. The topological polar surface area (TPSA) is 98.7 Å². The van der Waals surface area contributed by atoms with Crippen molar-refractivity contribution in [3.05, 3.63) is 0 Å². The van der Waals surface area contributed by atoms with Gasteiger partial charge in [-0.3, -0.25) is 9.59 Å². The summed E-state index contributed by atoms with van der Waals surface area (Å²) in [4.78, 5) is 35.9. The molecule has 120 valence electrons. The molecule has 7 heteroatoms. The lowest BCUT2D eigenvalue weighted by atomic mass is 9.74. The Morgan fingerprint density at radius 3 is 2.24 bits per heavy atom. The second kappa shape index (κ2) is 7.85. The Hall–Kier alpha value is -1.79. The van der Waals surface area contributed by atoms with Gasteiger partial charge in [0.25, 0.3) is 0 Å². The van der Waals surface area contributed by atoms with Crippen LogP contribution in [0.15, 0.2) is 0 Å². The number of nitrogens with zero attached hydrogens (tertiary/aromatic N) is 1. The summed E-state index contributed by atoms with van der Waals surface area (Å²) in [5.74, 6) is -0.908. The SMILES string of the molecule is CN(C)C(=O)CCNC(=O)NCC1(C(=O)O)CCCCC1. The van der Waals surface area contributed by atoms with Crippen LogP contribution in [0.2, 0.25) is 0 Å². The molecule has 0 saturated heterocycles. The van der Waals surface area contributed by atoms with E-state index in [2.05, 4.69) is 10.6 Å². The van der Waals surface area contributed by atoms with Gasteiger partial charge in [0.2, 0.25) is 5.91 Å². The lowest BCUT2D eigenvalue weighted by molar-refractivity contribution is -0.150. The summed E-state index contributed by atoms with van der Waals surface area (Å²) in [6.07, 6.45) is 4.24. The predicted octanol–water partition coefficient (Wildman–Crippen LogP) is 0.799. The summed E-state index contributed by atoms with van der Waals surface area (Å²) in [6, 6.07) is -0.423. The van der Waals surface area contributed by atoms with E-state index < -0.39 is 17.4 Å². The van der Waals surface area contributed by atoms with Gasteiger partial charge in [0.1, 0.15) is 0 Å². The van der Waals surface area contributed by atoms with Crippen LogP contribution in [0.1, 0.15) is 38.5 Å². The van der Waals surface area contributed by atoms with E-state index >= 15 is 0 Å². The van der Waals surface area contributed by atoms with Crippen LogP contribution >= 0.6 is 0 Å². The van der Waals surface area contributed by atoms with E-state index in [1.165, 1.54) is 4.90 Å². The maximum atomic E-state index is 11.7. The van der Waals surface area contributed by atoms with Gasteiger partial charge in [-0.25, -0.2) is 4.79 Å². The Labute approximate surface area is 125 Å². The number of hydrogen-bond acceptors (Lipinski definition) is 3. The van der Waals surface area contributed by atoms with Gasteiger partial charge < -0.3 is 20.6 Å². The summed E-state index contributed by atoms with van der Waals surface area (Å²) in [5, 5.41) is 14.6. The third kappa shape index (κ3) is 5.24. The summed E-state index contributed by atoms with van der Waals surface area (Å²) in [7, 11) is 3.31. The molecule has 0 atom stereocenters. The van der Waals surface area contributed by atoms with Crippen LogP contribution in [0.3, 0.4) is 0 Å². The highest BCUT2D eigenvalue weighted by atomic mass is 16.4. The fraction of sp³-hybridized carbons (Fsp3) is 0.786. The molecular weight excluding hydrogens is 274 g/mol. The molecule has 1 aliphatic rings. The molecule has 0 heterocycles. The van der Waals surface area contributed by atoms with Crippen molar-refractivity contribution in [3.63, 3.8) is 0 Å². The van der Waals surface area contributed by atoms with E-state index in [9.17, 15) is 19.5 Å². The Morgan fingerprint density at radius 1 is 1.10 bits per heavy atom. The monoisotopic (exact) mass is 299 g/mol. The molecule has 0 aromatic carbocycles. The van der Waals surface area contributed by atoms with Gasteiger partial charge in [0, 0.05) is 33.6 Å². The van der Waals surface area contributed by atoms with E-state index in [1.54, 1.807) is 14.1 Å². The molecule has 1 saturated carbocycles. The normalized spacial score (nSPS) is 16.9. The van der Waals surface area contributed by atoms with Crippen LogP contribution in [-0.2, 0) is 9.59 Å². The van der Waals surface area contributed by atoms with Crippen LogP contribution in [0.5, 0.6) is 0 Å². The molecule has 1 aliphatic carbocycles. The number of carbonyl (C=O) groups excluding carboxylic acids is 2. The third-order valence-corrected chi connectivity index (χ3v) is 3.97. The molecule has 1 rings (SSSR count). The molecular formula is C14H25N3O4. The number of nitrogens with one attached hydrogen (secondary N) is 2. The Balaban J connectivity index is 2.34. The van der Waals surface area contributed by atoms with Crippen LogP contribution < -0.4 is 10.6 Å². The lowest BCUT2D eigenvalue weighted by Crippen LogP contribution is -2.47. The molecule has 3 N–H and O–H groups in total. The van der Waals surface area contributed by atoms with Crippen molar-refractivity contribution in [1.82, 2.24) is 15.5 Å². The molecule has 21 heavy (non-hydrogen) atoms. The van der Waals surface area contributed by atoms with Crippen LogP contribution in [0.25, 0.3) is 0 Å². The molecule has 0 unspecified atom stereocenters. The van der Waals surface area contributed by atoms with Gasteiger partial charge >= 0.3 is 12.0 Å². The molecule has 0 aromatic rings. The zero-order valence-electron chi connectivity index (χ0n) is 12.8. The molecule has 7 nitrogen and oxygen atoms in total. The van der Waals surface area contributed by atoms with Gasteiger partial charge in [0.05, 0.1) is 5.41 Å². The molecule has 3 amide bonds. The summed E-state index contributed by atoms with van der Waals surface area (Å²) < 4.78 is 0. The highest BCUT2D eigenvalue weighted by Crippen LogP contribution is 2.35. The molecule has 0 aromatic heterocycles. The Bertz CT molecular complexity index is 390. The summed E-state index contributed by atoms with van der Waals surface area (Å²) >= 11 is 0. The van der Waals surface area contributed by atoms with Gasteiger partial charge in [-0.1, -0.05) is 19.3 Å². The Morgan fingerprint density at radius 2 is 1.71 bits per heavy atom. The van der Waals surface area contributed by atoms with E-state index in [1.807, 2.05) is 0 Å². The second-order valence-electron chi connectivity index (χ2n) is 5.79. The van der Waals surface area contributed by atoms with Crippen molar-refractivity contribution in [2.24, 2.45) is 5.41 Å². The maximum Gasteiger partial charge on any atom is 0.314 e. The maximum absolute atomic E-state index is 11.7. The number of carbonyl (C=O) groups is 3. The van der Waals surface area contributed by atoms with Crippen LogP contribution in [0.4, 0.5) is 4.79 Å². The van der Waals surface area contributed by atoms with E-state index in [-0.39, 0.29) is 25.4 Å². The van der Waals surface area contributed by atoms with Crippen molar-refractivity contribution in [2.45, 2.75) is 38.5 Å². The fourth-order valence-corrected chi connectivity index (χ4v) is 2.51. The van der Waals surface area contributed by atoms with Gasteiger partial charge in [0.15, 0.2) is 0 Å². The van der Waals surface area contributed by atoms with Crippen molar-refractivity contribution < 1.29 is 19.5 Å². The quantitative estimate of drug-likeness (QED) is 0.675. The van der Waals surface area contributed by atoms with Crippen molar-refractivity contribution in [2.75, 3.05) is 27.2 Å². The van der Waals surface area contributed by atoms with Gasteiger partial charge in [-0.2, -0.15) is 0 Å². The zero-order valence-corrected chi connectivity index (χ0v) is 12.8. The summed E-state index contributed by atoms with van der Waals surface area (Å²) in [6.45, 7) is 0.374. The fourth-order valence-electron chi connectivity index (χ4n) is 2.51. The standard InChI is InChI=1S/C14H25N3O4/c1-17(2)11(18)6-9-15-13(21)16-10-14(12(19)20)7-4-3-5-8-14/h3-10H2,1-2H3,(H,19,20)(H2,15,16,21). The average molecular weight is 299 g/mol. The largest absolute Gasteiger partial charge is 0.481 e. The second-order valence-corrected chi connectivity index (χ2v) is 5.79. The first-order valence-electron chi connectivity index (χ1n) is 7.33. The van der Waals surface area contributed by atoms with Crippen molar-refractivity contribution in [3.8, 4) is 0 Å². The van der Waals surface area contributed by atoms with Gasteiger partial charge in [-0.15, -0.1) is 0 Å². The molecule has 1 fully saturated rings. The van der Waals surface area contributed by atoms with Crippen molar-refractivity contribution in [1.29, 1.82) is 0 Å². The first kappa shape index (κ1) is 17.3. The number of carboxylic acid groups (broad SMARTS) is 1. The van der Waals surface area contributed by atoms with E-state index in [4.69, 9.17) is 0 Å². The smallest absolute Gasteiger partial charge is 0.314 e. The van der Waals surface area contributed by atoms with Gasteiger partial charge in [-0.05, 0) is 12.8 Å². The number of urea groups is 1. The zero-order chi connectivity index (χ0) is 15.9. The van der Waals surface area contributed by atoms with E-state index in [0.717, 1.165) is 19.3 Å². The minimum absolute atomic E-state index is 0.0652. The van der Waals surface area contributed by atoms with Crippen LogP contribution in [-0.4, -0.2) is 55.1 Å². The molecule has 0 spiro atoms. The first-order valence-corrected chi connectivity index (χ1v) is 7.33. The number of hydrogen-bond donors (Lipinski definition) is 3. The Kier molecular flexibility index (Phi) is 6.45. The van der Waals surface area contributed by atoms with Crippen LogP contribution in [0, 0.1) is 5.41 Å². The summed E-state index contributed by atoms with van der Waals surface area (Å²) in [5.41, 5.74) is -0.838.